The fraction of sp³-hybridized carbons (Fsp3) is 0.478. The number of hydrogen-bond acceptors (Lipinski definition) is 4. The maximum atomic E-state index is 10.7. The Morgan fingerprint density at radius 1 is 1.00 bits per heavy atom. The van der Waals surface area contributed by atoms with Gasteiger partial charge in [0.15, 0.2) is 0 Å². The van der Waals surface area contributed by atoms with Crippen LogP contribution in [0.1, 0.15) is 44.1 Å². The molecule has 1 fully saturated rings. The number of nitro groups is 1. The smallest absolute Gasteiger partial charge is 0.269 e. The van der Waals surface area contributed by atoms with E-state index in [0.29, 0.717) is 0 Å². The molecule has 0 radical (unpaired) electrons. The molecule has 3 rings (SSSR count). The molecule has 0 aliphatic heterocycles. The zero-order valence-electron chi connectivity index (χ0n) is 16.6. The second-order valence-corrected chi connectivity index (χ2v) is 7.79. The van der Waals surface area contributed by atoms with Crippen molar-refractivity contribution in [3.05, 3.63) is 70.3 Å². The highest BCUT2D eigenvalue weighted by molar-refractivity contribution is 5.48. The van der Waals surface area contributed by atoms with Crippen molar-refractivity contribution in [1.82, 2.24) is 4.90 Å². The van der Waals surface area contributed by atoms with Crippen molar-refractivity contribution in [3.8, 4) is 0 Å². The Labute approximate surface area is 167 Å². The molecule has 2 aromatic carbocycles. The van der Waals surface area contributed by atoms with Gasteiger partial charge < -0.3 is 5.32 Å². The maximum absolute atomic E-state index is 10.7. The number of non-ortho nitro benzene ring substituents is 1. The molecular weight excluding hydrogens is 350 g/mol. The number of benzene rings is 2. The lowest BCUT2D eigenvalue weighted by Gasteiger charge is -2.24. The number of rotatable bonds is 11. The molecule has 5 heteroatoms. The van der Waals surface area contributed by atoms with Crippen molar-refractivity contribution in [2.24, 2.45) is 5.92 Å². The molecule has 2 aromatic rings. The van der Waals surface area contributed by atoms with Crippen molar-refractivity contribution >= 4 is 11.4 Å². The summed E-state index contributed by atoms with van der Waals surface area (Å²) in [5.74, 6) is 0.913. The van der Waals surface area contributed by atoms with Crippen LogP contribution in [0.25, 0.3) is 0 Å². The molecule has 0 spiro atoms. The van der Waals surface area contributed by atoms with Crippen LogP contribution in [0.4, 0.5) is 11.4 Å². The molecule has 5 nitrogen and oxygen atoms in total. The lowest BCUT2D eigenvalue weighted by Crippen LogP contribution is -2.28. The Bertz CT molecular complexity index is 712. The van der Waals surface area contributed by atoms with Gasteiger partial charge in [0, 0.05) is 37.5 Å². The lowest BCUT2D eigenvalue weighted by atomic mass is 10.0. The molecule has 0 heterocycles. The summed E-state index contributed by atoms with van der Waals surface area (Å²) in [6.45, 7) is 4.09. The van der Waals surface area contributed by atoms with Crippen LogP contribution >= 0.6 is 0 Å². The van der Waals surface area contributed by atoms with Gasteiger partial charge in [0.25, 0.3) is 5.69 Å². The van der Waals surface area contributed by atoms with Gasteiger partial charge >= 0.3 is 0 Å². The SMILES string of the molecule is O=[N+]([O-])c1ccc(NCCCN(CCC2CCCC2)Cc2ccccc2)cc1. The molecule has 0 aromatic heterocycles. The molecule has 150 valence electrons. The summed E-state index contributed by atoms with van der Waals surface area (Å²) in [5, 5.41) is 14.1. The van der Waals surface area contributed by atoms with Gasteiger partial charge in [0.05, 0.1) is 4.92 Å². The first kappa shape index (κ1) is 20.3. The van der Waals surface area contributed by atoms with Crippen LogP contribution < -0.4 is 5.32 Å². The quantitative estimate of drug-likeness (QED) is 0.318. The zero-order valence-corrected chi connectivity index (χ0v) is 16.6. The highest BCUT2D eigenvalue weighted by atomic mass is 16.6. The Hall–Kier alpha value is -2.40. The monoisotopic (exact) mass is 381 g/mol. The average Bonchev–Trinajstić information content (AvgIpc) is 3.24. The normalized spacial score (nSPS) is 14.5. The third kappa shape index (κ3) is 6.64. The van der Waals surface area contributed by atoms with Crippen LogP contribution in [-0.2, 0) is 6.54 Å². The lowest BCUT2D eigenvalue weighted by molar-refractivity contribution is -0.384. The summed E-state index contributed by atoms with van der Waals surface area (Å²) in [6, 6.07) is 17.4. The number of anilines is 1. The molecule has 0 bridgehead atoms. The van der Waals surface area contributed by atoms with Crippen molar-refractivity contribution in [3.63, 3.8) is 0 Å². The van der Waals surface area contributed by atoms with Crippen LogP contribution in [0.5, 0.6) is 0 Å². The predicted octanol–water partition coefficient (Wildman–Crippen LogP) is 5.48. The van der Waals surface area contributed by atoms with E-state index in [9.17, 15) is 10.1 Å². The third-order valence-electron chi connectivity index (χ3n) is 5.64. The van der Waals surface area contributed by atoms with Gasteiger partial charge in [-0.1, -0.05) is 56.0 Å². The molecule has 0 saturated heterocycles. The van der Waals surface area contributed by atoms with Crippen molar-refractivity contribution in [2.75, 3.05) is 25.0 Å². The Balaban J connectivity index is 1.45. The van der Waals surface area contributed by atoms with Gasteiger partial charge in [0.1, 0.15) is 0 Å². The van der Waals surface area contributed by atoms with Gasteiger partial charge in [0.2, 0.25) is 0 Å². The Morgan fingerprint density at radius 3 is 2.39 bits per heavy atom. The first-order chi connectivity index (χ1) is 13.7. The number of nitrogens with zero attached hydrogens (tertiary/aromatic N) is 2. The third-order valence-corrected chi connectivity index (χ3v) is 5.64. The highest BCUT2D eigenvalue weighted by Gasteiger charge is 2.16. The number of nitrogens with one attached hydrogen (secondary N) is 1. The first-order valence-electron chi connectivity index (χ1n) is 10.5. The molecule has 0 unspecified atom stereocenters. The van der Waals surface area contributed by atoms with Crippen LogP contribution in [0, 0.1) is 16.0 Å². The minimum absolute atomic E-state index is 0.131. The van der Waals surface area contributed by atoms with Crippen molar-refractivity contribution in [2.45, 2.75) is 45.1 Å². The zero-order chi connectivity index (χ0) is 19.6. The average molecular weight is 382 g/mol. The first-order valence-corrected chi connectivity index (χ1v) is 10.5. The fourth-order valence-corrected chi connectivity index (χ4v) is 4.01. The molecule has 1 aliphatic carbocycles. The van der Waals surface area contributed by atoms with E-state index >= 15 is 0 Å². The van der Waals surface area contributed by atoms with E-state index in [1.165, 1.54) is 37.7 Å². The van der Waals surface area contributed by atoms with Crippen LogP contribution in [0.3, 0.4) is 0 Å². The fourth-order valence-electron chi connectivity index (χ4n) is 4.01. The van der Waals surface area contributed by atoms with Gasteiger partial charge in [-0.25, -0.2) is 0 Å². The molecule has 28 heavy (non-hydrogen) atoms. The minimum atomic E-state index is -0.365. The second-order valence-electron chi connectivity index (χ2n) is 7.79. The van der Waals surface area contributed by atoms with Crippen LogP contribution in [0.15, 0.2) is 54.6 Å². The second kappa shape index (κ2) is 10.8. The van der Waals surface area contributed by atoms with Crippen LogP contribution in [-0.4, -0.2) is 29.5 Å². The van der Waals surface area contributed by atoms with E-state index in [4.69, 9.17) is 0 Å². The van der Waals surface area contributed by atoms with Gasteiger partial charge in [-0.3, -0.25) is 15.0 Å². The summed E-state index contributed by atoms with van der Waals surface area (Å²) in [5.41, 5.74) is 2.44. The van der Waals surface area contributed by atoms with Crippen LogP contribution in [0.2, 0.25) is 0 Å². The van der Waals surface area contributed by atoms with Gasteiger partial charge in [-0.15, -0.1) is 0 Å². The number of nitro benzene ring substituents is 1. The molecule has 0 amide bonds. The van der Waals surface area contributed by atoms with Crippen molar-refractivity contribution in [1.29, 1.82) is 0 Å². The summed E-state index contributed by atoms with van der Waals surface area (Å²) in [4.78, 5) is 12.9. The minimum Gasteiger partial charge on any atom is -0.385 e. The molecule has 0 atom stereocenters. The standard InChI is InChI=1S/C23H31N3O2/c27-26(28)23-13-11-22(12-14-23)24-16-6-17-25(18-15-20-7-4-5-8-20)19-21-9-2-1-3-10-21/h1-3,9-14,20,24H,4-8,15-19H2. The van der Waals surface area contributed by atoms with Gasteiger partial charge in [-0.2, -0.15) is 0 Å². The topological polar surface area (TPSA) is 58.4 Å². The molecule has 1 aliphatic rings. The molecule has 1 N–H and O–H groups in total. The Kier molecular flexibility index (Phi) is 7.85. The van der Waals surface area contributed by atoms with Gasteiger partial charge in [-0.05, 0) is 43.0 Å². The predicted molar refractivity (Wildman–Crippen MR) is 114 cm³/mol. The largest absolute Gasteiger partial charge is 0.385 e. The van der Waals surface area contributed by atoms with E-state index in [1.54, 1.807) is 24.3 Å². The van der Waals surface area contributed by atoms with E-state index in [0.717, 1.165) is 44.2 Å². The van der Waals surface area contributed by atoms with E-state index in [2.05, 4.69) is 40.5 Å². The van der Waals surface area contributed by atoms with E-state index in [1.807, 2.05) is 0 Å². The summed E-state index contributed by atoms with van der Waals surface area (Å²) in [6.07, 6.45) is 7.98. The van der Waals surface area contributed by atoms with Crippen molar-refractivity contribution < 1.29 is 4.92 Å². The number of hydrogen-bond donors (Lipinski definition) is 1. The Morgan fingerprint density at radius 2 is 1.71 bits per heavy atom. The summed E-state index contributed by atoms with van der Waals surface area (Å²) in [7, 11) is 0. The highest BCUT2D eigenvalue weighted by Crippen LogP contribution is 2.27. The summed E-state index contributed by atoms with van der Waals surface area (Å²) < 4.78 is 0. The summed E-state index contributed by atoms with van der Waals surface area (Å²) >= 11 is 0. The maximum Gasteiger partial charge on any atom is 0.269 e. The molecule has 1 saturated carbocycles. The molecular formula is C23H31N3O2. The van der Waals surface area contributed by atoms with E-state index in [-0.39, 0.29) is 10.6 Å². The van der Waals surface area contributed by atoms with E-state index < -0.39 is 0 Å².